The first-order chi connectivity index (χ1) is 4.08. The van der Waals surface area contributed by atoms with Crippen LogP contribution in [0.2, 0.25) is 0 Å². The third kappa shape index (κ3) is 0.461. The summed E-state index contributed by atoms with van der Waals surface area (Å²) in [7, 11) is 0. The molecule has 0 saturated heterocycles. The van der Waals surface area contributed by atoms with Crippen molar-refractivity contribution in [2.24, 2.45) is 16.7 Å². The van der Waals surface area contributed by atoms with Crippen molar-refractivity contribution in [3.05, 3.63) is 0 Å². The summed E-state index contributed by atoms with van der Waals surface area (Å²) in [5.74, 6) is 1.04. The maximum Gasteiger partial charge on any atom is -0.0217 e. The van der Waals surface area contributed by atoms with E-state index in [0.717, 1.165) is 11.3 Å². The molecule has 0 heteroatoms. The van der Waals surface area contributed by atoms with Gasteiger partial charge in [0, 0.05) is 0 Å². The van der Waals surface area contributed by atoms with Gasteiger partial charge in [-0.2, -0.15) is 0 Å². The minimum Gasteiger partial charge on any atom is -0.0619 e. The lowest BCUT2D eigenvalue weighted by Gasteiger charge is -2.46. The van der Waals surface area contributed by atoms with E-state index in [1.165, 1.54) is 19.3 Å². The zero-order valence-electron chi connectivity index (χ0n) is 6.70. The second-order valence-electron chi connectivity index (χ2n) is 4.65. The summed E-state index contributed by atoms with van der Waals surface area (Å²) < 4.78 is 0. The predicted octanol–water partition coefficient (Wildman–Crippen LogP) is 2.83. The molecule has 0 heterocycles. The summed E-state index contributed by atoms with van der Waals surface area (Å²) in [6.07, 6.45) is 4.50. The Labute approximate surface area is 57.6 Å². The van der Waals surface area contributed by atoms with Crippen LogP contribution in [-0.4, -0.2) is 0 Å². The molecule has 1 spiro atoms. The molecule has 2 aliphatic carbocycles. The molecule has 2 atom stereocenters. The largest absolute Gasteiger partial charge is 0.0619 e. The van der Waals surface area contributed by atoms with Crippen LogP contribution in [-0.2, 0) is 0 Å². The van der Waals surface area contributed by atoms with E-state index in [2.05, 4.69) is 20.8 Å². The van der Waals surface area contributed by atoms with Gasteiger partial charge >= 0.3 is 0 Å². The van der Waals surface area contributed by atoms with E-state index in [1.807, 2.05) is 0 Å². The predicted molar refractivity (Wildman–Crippen MR) is 39.2 cm³/mol. The molecule has 2 aliphatic rings. The van der Waals surface area contributed by atoms with Crippen LogP contribution in [0.15, 0.2) is 0 Å². The highest BCUT2D eigenvalue weighted by Gasteiger charge is 2.65. The van der Waals surface area contributed by atoms with Gasteiger partial charge in [-0.25, -0.2) is 0 Å². The summed E-state index contributed by atoms with van der Waals surface area (Å²) in [4.78, 5) is 0. The molecule has 0 bridgehead atoms. The topological polar surface area (TPSA) is 0 Å². The minimum atomic E-state index is 0.701. The van der Waals surface area contributed by atoms with E-state index in [1.54, 1.807) is 0 Å². The van der Waals surface area contributed by atoms with Gasteiger partial charge in [0.25, 0.3) is 0 Å². The molecule has 2 fully saturated rings. The van der Waals surface area contributed by atoms with Gasteiger partial charge in [0.1, 0.15) is 0 Å². The summed E-state index contributed by atoms with van der Waals surface area (Å²) in [5.41, 5.74) is 1.53. The first kappa shape index (κ1) is 5.76. The molecule has 0 N–H and O–H groups in total. The van der Waals surface area contributed by atoms with Crippen LogP contribution in [0.25, 0.3) is 0 Å². The van der Waals surface area contributed by atoms with Crippen LogP contribution in [0.1, 0.15) is 40.0 Å². The molecule has 0 aromatic rings. The average molecular weight is 124 g/mol. The fraction of sp³-hybridized carbons (Fsp3) is 1.00. The molecule has 0 amide bonds. The SMILES string of the molecule is CC1CC12CCC2(C)C. The van der Waals surface area contributed by atoms with Crippen molar-refractivity contribution < 1.29 is 0 Å². The van der Waals surface area contributed by atoms with Crippen molar-refractivity contribution >= 4 is 0 Å². The second-order valence-corrected chi connectivity index (χ2v) is 4.65. The van der Waals surface area contributed by atoms with Crippen molar-refractivity contribution in [1.82, 2.24) is 0 Å². The van der Waals surface area contributed by atoms with E-state index in [4.69, 9.17) is 0 Å². The van der Waals surface area contributed by atoms with Crippen LogP contribution in [0.4, 0.5) is 0 Å². The lowest BCUT2D eigenvalue weighted by Crippen LogP contribution is -2.37. The quantitative estimate of drug-likeness (QED) is 0.466. The second kappa shape index (κ2) is 1.21. The van der Waals surface area contributed by atoms with Gasteiger partial charge in [-0.1, -0.05) is 20.8 Å². The van der Waals surface area contributed by atoms with E-state index in [-0.39, 0.29) is 0 Å². The molecule has 0 aliphatic heterocycles. The average Bonchev–Trinajstić information content (AvgIpc) is 2.42. The molecule has 2 unspecified atom stereocenters. The first-order valence-corrected chi connectivity index (χ1v) is 4.08. The zero-order chi connectivity index (χ0) is 6.70. The van der Waals surface area contributed by atoms with Crippen LogP contribution in [0, 0.1) is 16.7 Å². The number of rotatable bonds is 0. The van der Waals surface area contributed by atoms with Gasteiger partial charge in [-0.15, -0.1) is 0 Å². The van der Waals surface area contributed by atoms with Crippen molar-refractivity contribution in [3.63, 3.8) is 0 Å². The van der Waals surface area contributed by atoms with Gasteiger partial charge in [-0.05, 0) is 36.0 Å². The maximum absolute atomic E-state index is 2.43. The Kier molecular flexibility index (Phi) is 0.774. The standard InChI is InChI=1S/C9H16/c1-7-6-9(7)5-4-8(9,2)3/h7H,4-6H2,1-3H3. The number of hydrogen-bond donors (Lipinski definition) is 0. The Morgan fingerprint density at radius 1 is 1.22 bits per heavy atom. The highest BCUT2D eigenvalue weighted by molar-refractivity contribution is 5.14. The molecule has 2 saturated carbocycles. The van der Waals surface area contributed by atoms with E-state index in [9.17, 15) is 0 Å². The Bertz CT molecular complexity index is 142. The molecule has 0 aromatic heterocycles. The molecule has 9 heavy (non-hydrogen) atoms. The van der Waals surface area contributed by atoms with Crippen molar-refractivity contribution in [2.75, 3.05) is 0 Å². The summed E-state index contributed by atoms with van der Waals surface area (Å²) in [5, 5.41) is 0. The molecule has 0 radical (unpaired) electrons. The molecule has 0 aromatic carbocycles. The Morgan fingerprint density at radius 3 is 1.78 bits per heavy atom. The Morgan fingerprint density at radius 2 is 1.78 bits per heavy atom. The fourth-order valence-electron chi connectivity index (χ4n) is 2.73. The highest BCUT2D eigenvalue weighted by Crippen LogP contribution is 2.74. The fourth-order valence-corrected chi connectivity index (χ4v) is 2.73. The van der Waals surface area contributed by atoms with Crippen molar-refractivity contribution in [3.8, 4) is 0 Å². The van der Waals surface area contributed by atoms with Crippen LogP contribution >= 0.6 is 0 Å². The van der Waals surface area contributed by atoms with Crippen LogP contribution in [0.3, 0.4) is 0 Å². The van der Waals surface area contributed by atoms with Gasteiger partial charge in [0.15, 0.2) is 0 Å². The third-order valence-electron chi connectivity index (χ3n) is 4.00. The van der Waals surface area contributed by atoms with Gasteiger partial charge in [0.05, 0.1) is 0 Å². The monoisotopic (exact) mass is 124 g/mol. The zero-order valence-corrected chi connectivity index (χ0v) is 6.70. The molecule has 2 rings (SSSR count). The number of hydrogen-bond acceptors (Lipinski definition) is 0. The Hall–Kier alpha value is 0. The molecular formula is C9H16. The van der Waals surface area contributed by atoms with E-state index < -0.39 is 0 Å². The van der Waals surface area contributed by atoms with Crippen molar-refractivity contribution in [2.45, 2.75) is 40.0 Å². The maximum atomic E-state index is 2.43. The van der Waals surface area contributed by atoms with Crippen LogP contribution < -0.4 is 0 Å². The highest BCUT2D eigenvalue weighted by atomic mass is 14.7. The third-order valence-corrected chi connectivity index (χ3v) is 4.00. The lowest BCUT2D eigenvalue weighted by atomic mass is 9.58. The minimum absolute atomic E-state index is 0.701. The van der Waals surface area contributed by atoms with Gasteiger partial charge in [-0.3, -0.25) is 0 Å². The van der Waals surface area contributed by atoms with E-state index in [0.29, 0.717) is 5.41 Å². The van der Waals surface area contributed by atoms with Gasteiger partial charge in [0.2, 0.25) is 0 Å². The summed E-state index contributed by atoms with van der Waals surface area (Å²) >= 11 is 0. The van der Waals surface area contributed by atoms with Crippen molar-refractivity contribution in [1.29, 1.82) is 0 Å². The van der Waals surface area contributed by atoms with E-state index >= 15 is 0 Å². The molecular weight excluding hydrogens is 108 g/mol. The van der Waals surface area contributed by atoms with Gasteiger partial charge < -0.3 is 0 Å². The molecule has 0 nitrogen and oxygen atoms in total. The molecule has 52 valence electrons. The normalized spacial score (nSPS) is 53.0. The smallest absolute Gasteiger partial charge is 0.0217 e. The lowest BCUT2D eigenvalue weighted by molar-refractivity contribution is 0.0331. The summed E-state index contributed by atoms with van der Waals surface area (Å²) in [6.45, 7) is 7.26. The Balaban J connectivity index is 2.17. The summed E-state index contributed by atoms with van der Waals surface area (Å²) in [6, 6.07) is 0. The van der Waals surface area contributed by atoms with Crippen LogP contribution in [0.5, 0.6) is 0 Å². The first-order valence-electron chi connectivity index (χ1n) is 4.08.